The molecule has 2 unspecified atom stereocenters. The van der Waals surface area contributed by atoms with Gasteiger partial charge in [0.25, 0.3) is 0 Å². The van der Waals surface area contributed by atoms with Crippen molar-refractivity contribution in [1.82, 2.24) is 0 Å². The molecule has 0 amide bonds. The van der Waals surface area contributed by atoms with Crippen molar-refractivity contribution in [2.75, 3.05) is 0 Å². The third kappa shape index (κ3) is 8.18. The van der Waals surface area contributed by atoms with E-state index in [0.29, 0.717) is 0 Å². The highest BCUT2D eigenvalue weighted by molar-refractivity contribution is 6.02. The lowest BCUT2D eigenvalue weighted by atomic mass is 9.81. The second kappa shape index (κ2) is 17.5. The van der Waals surface area contributed by atoms with E-state index in [9.17, 15) is 0 Å². The van der Waals surface area contributed by atoms with E-state index >= 15 is 0 Å². The van der Waals surface area contributed by atoms with Crippen molar-refractivity contribution in [3.8, 4) is 11.1 Å². The van der Waals surface area contributed by atoms with Gasteiger partial charge in [0, 0.05) is 5.41 Å². The Hall–Kier alpha value is -5.98. The minimum atomic E-state index is 0.0979. The van der Waals surface area contributed by atoms with E-state index in [1.807, 2.05) is 0 Å². The predicted octanol–water partition coefficient (Wildman–Crippen LogP) is 17.1. The van der Waals surface area contributed by atoms with Crippen LogP contribution in [0.2, 0.25) is 0 Å². The Kier molecular flexibility index (Phi) is 11.5. The summed E-state index contributed by atoms with van der Waals surface area (Å²) in [4.78, 5) is 0. The summed E-state index contributed by atoms with van der Waals surface area (Å²) < 4.78 is 0. The third-order valence-corrected chi connectivity index (χ3v) is 15.0. The van der Waals surface area contributed by atoms with E-state index in [-0.39, 0.29) is 5.41 Å². The zero-order chi connectivity index (χ0) is 44.0. The van der Waals surface area contributed by atoms with Crippen molar-refractivity contribution in [2.24, 2.45) is 5.92 Å². The lowest BCUT2D eigenvalue weighted by molar-refractivity contribution is 0.660. The van der Waals surface area contributed by atoms with E-state index in [2.05, 4.69) is 199 Å². The van der Waals surface area contributed by atoms with Crippen LogP contribution in [0.4, 0.5) is 0 Å². The molecule has 0 saturated heterocycles. The Labute approximate surface area is 383 Å². The molecule has 0 nitrogen and oxygen atoms in total. The van der Waals surface area contributed by atoms with Crippen LogP contribution in [-0.4, -0.2) is 0 Å². The molecular formula is C64H64. The molecule has 6 aromatic carbocycles. The number of allylic oxidation sites excluding steroid dienone is 12. The van der Waals surface area contributed by atoms with E-state index in [1.165, 1.54) is 122 Å². The molecule has 0 aliphatic heterocycles. The summed E-state index contributed by atoms with van der Waals surface area (Å²) in [6, 6.07) is 45.0. The van der Waals surface area contributed by atoms with Gasteiger partial charge in [-0.15, -0.1) is 0 Å². The van der Waals surface area contributed by atoms with Gasteiger partial charge in [-0.1, -0.05) is 199 Å². The molecule has 64 heavy (non-hydrogen) atoms. The van der Waals surface area contributed by atoms with E-state index in [1.54, 1.807) is 33.4 Å². The van der Waals surface area contributed by atoms with Crippen LogP contribution in [0.5, 0.6) is 0 Å². The highest BCUT2D eigenvalue weighted by Crippen LogP contribution is 2.54. The summed E-state index contributed by atoms with van der Waals surface area (Å²) in [5, 5.41) is 2.70. The van der Waals surface area contributed by atoms with Crippen molar-refractivity contribution in [3.63, 3.8) is 0 Å². The third-order valence-electron chi connectivity index (χ3n) is 15.0. The van der Waals surface area contributed by atoms with Gasteiger partial charge >= 0.3 is 0 Å². The van der Waals surface area contributed by atoms with Crippen molar-refractivity contribution < 1.29 is 0 Å². The zero-order valence-electron chi connectivity index (χ0n) is 39.0. The molecule has 0 N–H and O–H groups in total. The number of hydrogen-bond donors (Lipinski definition) is 0. The smallest absolute Gasteiger partial charge is 0.0159 e. The van der Waals surface area contributed by atoms with Crippen molar-refractivity contribution >= 4 is 16.3 Å². The molecule has 2 atom stereocenters. The van der Waals surface area contributed by atoms with Gasteiger partial charge < -0.3 is 0 Å². The standard InChI is InChI=1S/C23H24.C21H22.C20H18/c1-3-18-9-5-10-19-15-22(19)21-12-6-11-20(23(18)21)14-17-8-4-7-16(2)13-17;1-15-6-4-7-16(12-15)13-18-9-5-10-19-14-17-8-2-3-11-20(17)21(18)19;1-13-8-10-16-18(12-13)20(2,3)17-11-9-14-6-4-5-7-15(14)19(16)17/h3-9,11-13,19,22H,10,14-15H2,1-2H3;3-4,6-7,10-12H,2,5,8-9,13-14H2,1H3;4-12H,1-3H3/b9-5-,18-3+;;. The normalized spacial score (nSPS) is 20.5. The summed E-state index contributed by atoms with van der Waals surface area (Å²) in [7, 11) is 0. The Morgan fingerprint density at radius 2 is 1.42 bits per heavy atom. The molecule has 0 bridgehead atoms. The van der Waals surface area contributed by atoms with E-state index < -0.39 is 0 Å². The molecule has 12 rings (SSSR count). The molecule has 0 radical (unpaired) electrons. The maximum atomic E-state index is 2.49. The van der Waals surface area contributed by atoms with Crippen molar-refractivity contribution in [2.45, 2.75) is 111 Å². The summed E-state index contributed by atoms with van der Waals surface area (Å²) >= 11 is 0. The fraction of sp³-hybridized carbons (Fsp3) is 0.281. The van der Waals surface area contributed by atoms with E-state index in [4.69, 9.17) is 0 Å². The molecule has 6 aliphatic carbocycles. The van der Waals surface area contributed by atoms with Gasteiger partial charge in [-0.2, -0.15) is 0 Å². The van der Waals surface area contributed by atoms with Crippen LogP contribution < -0.4 is 0 Å². The molecule has 0 spiro atoms. The van der Waals surface area contributed by atoms with Gasteiger partial charge in [0.15, 0.2) is 0 Å². The van der Waals surface area contributed by atoms with Crippen LogP contribution in [-0.2, 0) is 18.3 Å². The van der Waals surface area contributed by atoms with Crippen LogP contribution in [0, 0.1) is 26.7 Å². The maximum absolute atomic E-state index is 2.49. The number of fused-ring (bicyclic) bond motifs is 10. The van der Waals surface area contributed by atoms with Crippen LogP contribution in [0.15, 0.2) is 186 Å². The SMILES string of the molecule is C/C=C1\C=C/CC2CC2c2cccc(Cc3cccc(C)c3)c21.Cc1ccc2c(c1)C(C)(C)c1ccc3ccccc3c1-2.Cc1cccc(CC2=C3C(=CCC2)CC2=C3C=CCC2)c1. The number of hydrogen-bond acceptors (Lipinski definition) is 0. The lowest BCUT2D eigenvalue weighted by Crippen LogP contribution is -2.15. The molecule has 6 aliphatic rings. The average Bonchev–Trinajstić information content (AvgIpc) is 3.88. The van der Waals surface area contributed by atoms with Gasteiger partial charge in [-0.3, -0.25) is 0 Å². The van der Waals surface area contributed by atoms with Gasteiger partial charge in [0.05, 0.1) is 0 Å². The molecule has 320 valence electrons. The number of aryl methyl sites for hydroxylation is 3. The summed E-state index contributed by atoms with van der Waals surface area (Å²) in [6.07, 6.45) is 25.1. The Bertz CT molecular complexity index is 2980. The largest absolute Gasteiger partial charge is 0.0836 e. The van der Waals surface area contributed by atoms with Crippen LogP contribution >= 0.6 is 0 Å². The molecule has 1 fully saturated rings. The fourth-order valence-electron chi connectivity index (χ4n) is 11.7. The number of benzene rings is 6. The summed E-state index contributed by atoms with van der Waals surface area (Å²) in [5.41, 5.74) is 26.9. The first kappa shape index (κ1) is 42.0. The first-order valence-corrected chi connectivity index (χ1v) is 24.2. The van der Waals surface area contributed by atoms with Crippen molar-refractivity contribution in [3.05, 3.63) is 241 Å². The van der Waals surface area contributed by atoms with Gasteiger partial charge in [0.2, 0.25) is 0 Å². The fourth-order valence-corrected chi connectivity index (χ4v) is 11.7. The lowest BCUT2D eigenvalue weighted by Gasteiger charge is -2.21. The molecule has 1 saturated carbocycles. The zero-order valence-corrected chi connectivity index (χ0v) is 39.0. The van der Waals surface area contributed by atoms with Gasteiger partial charge in [-0.05, 0) is 180 Å². The summed E-state index contributed by atoms with van der Waals surface area (Å²) in [5.74, 6) is 1.65. The summed E-state index contributed by atoms with van der Waals surface area (Å²) in [6.45, 7) is 13.4. The highest BCUT2D eigenvalue weighted by Gasteiger charge is 2.40. The second-order valence-corrected chi connectivity index (χ2v) is 20.0. The van der Waals surface area contributed by atoms with Crippen LogP contribution in [0.3, 0.4) is 0 Å². The molecule has 0 heteroatoms. The monoisotopic (exact) mass is 833 g/mol. The Morgan fingerprint density at radius 1 is 0.656 bits per heavy atom. The highest BCUT2D eigenvalue weighted by atomic mass is 14.4. The van der Waals surface area contributed by atoms with Crippen LogP contribution in [0.25, 0.3) is 27.5 Å². The Morgan fingerprint density at radius 3 is 2.22 bits per heavy atom. The van der Waals surface area contributed by atoms with Gasteiger partial charge in [0.1, 0.15) is 0 Å². The minimum Gasteiger partial charge on any atom is -0.0836 e. The molecule has 0 heterocycles. The molecular weight excluding hydrogens is 769 g/mol. The molecule has 6 aromatic rings. The quantitative estimate of drug-likeness (QED) is 0.166. The van der Waals surface area contributed by atoms with Crippen molar-refractivity contribution in [1.29, 1.82) is 0 Å². The van der Waals surface area contributed by atoms with Gasteiger partial charge in [-0.25, -0.2) is 0 Å². The molecule has 0 aromatic heterocycles. The maximum Gasteiger partial charge on any atom is 0.0159 e. The Balaban J connectivity index is 0.000000114. The number of rotatable bonds is 4. The minimum absolute atomic E-state index is 0.0979. The predicted molar refractivity (Wildman–Crippen MR) is 274 cm³/mol. The van der Waals surface area contributed by atoms with E-state index in [0.717, 1.165) is 24.7 Å². The van der Waals surface area contributed by atoms with Crippen LogP contribution in [0.1, 0.15) is 127 Å². The first-order valence-electron chi connectivity index (χ1n) is 24.2. The topological polar surface area (TPSA) is 0 Å². The first-order chi connectivity index (χ1) is 31.2. The average molecular weight is 833 g/mol. The second-order valence-electron chi connectivity index (χ2n) is 20.0.